The molecule has 1 aliphatic carbocycles. The average Bonchev–Trinajstić information content (AvgIpc) is 3.75. The van der Waals surface area contributed by atoms with Crippen molar-refractivity contribution >= 4 is 27.3 Å². The lowest BCUT2D eigenvalue weighted by Crippen LogP contribution is -2.14. The summed E-state index contributed by atoms with van der Waals surface area (Å²) in [6.45, 7) is 4.75. The van der Waals surface area contributed by atoms with Gasteiger partial charge in [-0.1, -0.05) is 166 Å². The van der Waals surface area contributed by atoms with Gasteiger partial charge in [0.1, 0.15) is 0 Å². The topological polar surface area (TPSA) is 30.2 Å². The molecule has 0 saturated heterocycles. The Hall–Kier alpha value is -7.10. The van der Waals surface area contributed by atoms with Crippen LogP contribution in [-0.2, 0) is 5.41 Å². The zero-order chi connectivity index (χ0) is 37.4. The number of imidazole rings is 1. The molecule has 0 fully saturated rings. The molecular weight excluding hydrogens is 679 g/mol. The van der Waals surface area contributed by atoms with Gasteiger partial charge in [0.2, 0.25) is 5.78 Å². The van der Waals surface area contributed by atoms with Crippen molar-refractivity contribution in [2.24, 2.45) is 0 Å². The van der Waals surface area contributed by atoms with Crippen LogP contribution in [0.4, 0.5) is 0 Å². The molecule has 11 rings (SSSR count). The number of fused-ring (bicyclic) bond motifs is 6. The minimum absolute atomic E-state index is 0.114. The van der Waals surface area contributed by atoms with Gasteiger partial charge in [0.15, 0.2) is 0 Å². The Bertz CT molecular complexity index is 3120. The molecule has 3 nitrogen and oxygen atoms in total. The minimum Gasteiger partial charge on any atom is -0.283 e. The van der Waals surface area contributed by atoms with Crippen LogP contribution in [0.25, 0.3) is 94.3 Å². The molecule has 0 unspecified atom stereocenters. The largest absolute Gasteiger partial charge is 0.283 e. The zero-order valence-electron chi connectivity index (χ0n) is 31.2. The van der Waals surface area contributed by atoms with Gasteiger partial charge in [0, 0.05) is 28.9 Å². The Morgan fingerprint density at radius 3 is 1.71 bits per heavy atom. The average molecular weight is 716 g/mol. The van der Waals surface area contributed by atoms with E-state index in [9.17, 15) is 0 Å². The first-order chi connectivity index (χ1) is 27.5. The van der Waals surface area contributed by atoms with Gasteiger partial charge < -0.3 is 0 Å². The molecule has 0 atom stereocenters. The highest BCUT2D eigenvalue weighted by Crippen LogP contribution is 2.53. The van der Waals surface area contributed by atoms with Crippen molar-refractivity contribution in [2.75, 3.05) is 0 Å². The van der Waals surface area contributed by atoms with E-state index in [-0.39, 0.29) is 5.41 Å². The maximum Gasteiger partial charge on any atom is 0.234 e. The summed E-state index contributed by atoms with van der Waals surface area (Å²) in [5.41, 5.74) is 16.8. The molecule has 10 aromatic rings. The van der Waals surface area contributed by atoms with Crippen molar-refractivity contribution in [3.63, 3.8) is 0 Å². The molecule has 2 heterocycles. The first kappa shape index (κ1) is 32.3. The number of rotatable bonds is 5. The van der Waals surface area contributed by atoms with Gasteiger partial charge in [-0.15, -0.1) is 0 Å². The second-order valence-electron chi connectivity index (χ2n) is 15.4. The maximum absolute atomic E-state index is 5.02. The summed E-state index contributed by atoms with van der Waals surface area (Å²) in [6.07, 6.45) is 3.84. The molecule has 1 aliphatic rings. The van der Waals surface area contributed by atoms with Crippen molar-refractivity contribution in [1.29, 1.82) is 0 Å². The molecule has 2 aromatic heterocycles. The van der Waals surface area contributed by atoms with Crippen LogP contribution < -0.4 is 0 Å². The van der Waals surface area contributed by atoms with E-state index in [2.05, 4.69) is 187 Å². The minimum atomic E-state index is -0.114. The van der Waals surface area contributed by atoms with Crippen molar-refractivity contribution in [2.45, 2.75) is 19.3 Å². The Balaban J connectivity index is 1.15. The molecule has 0 aliphatic heterocycles. The second-order valence-corrected chi connectivity index (χ2v) is 15.4. The Morgan fingerprint density at radius 1 is 0.429 bits per heavy atom. The van der Waals surface area contributed by atoms with Gasteiger partial charge in [0.25, 0.3) is 0 Å². The highest BCUT2D eigenvalue weighted by atomic mass is 15.1. The monoisotopic (exact) mass is 715 g/mol. The summed E-state index contributed by atoms with van der Waals surface area (Å²) in [6, 6.07) is 64.2. The first-order valence-corrected chi connectivity index (χ1v) is 19.3. The van der Waals surface area contributed by atoms with E-state index in [1.165, 1.54) is 71.6 Å². The van der Waals surface area contributed by atoms with Crippen molar-refractivity contribution < 1.29 is 0 Å². The summed E-state index contributed by atoms with van der Waals surface area (Å²) < 4.78 is 2.08. The van der Waals surface area contributed by atoms with Crippen LogP contribution >= 0.6 is 0 Å². The summed E-state index contributed by atoms with van der Waals surface area (Å²) in [7, 11) is 0. The Morgan fingerprint density at radius 2 is 1.00 bits per heavy atom. The third kappa shape index (κ3) is 4.91. The predicted octanol–water partition coefficient (Wildman–Crippen LogP) is 13.7. The Kier molecular flexibility index (Phi) is 7.20. The lowest BCUT2D eigenvalue weighted by molar-refractivity contribution is 0.661. The van der Waals surface area contributed by atoms with E-state index in [1.54, 1.807) is 6.20 Å². The maximum atomic E-state index is 5.02. The fourth-order valence-corrected chi connectivity index (χ4v) is 9.21. The number of aromatic nitrogens is 3. The number of hydrogen-bond acceptors (Lipinski definition) is 2. The van der Waals surface area contributed by atoms with Crippen LogP contribution in [0.5, 0.6) is 0 Å². The third-order valence-electron chi connectivity index (χ3n) is 11.9. The van der Waals surface area contributed by atoms with Crippen LogP contribution in [0, 0.1) is 0 Å². The fraction of sp³-hybridized carbons (Fsp3) is 0.0566. The lowest BCUT2D eigenvalue weighted by atomic mass is 9.79. The van der Waals surface area contributed by atoms with E-state index in [1.807, 2.05) is 18.3 Å². The molecule has 0 spiro atoms. The molecule has 264 valence electrons. The number of benzene rings is 8. The van der Waals surface area contributed by atoms with E-state index in [0.717, 1.165) is 28.1 Å². The number of hydrogen-bond donors (Lipinski definition) is 0. The van der Waals surface area contributed by atoms with E-state index in [4.69, 9.17) is 4.98 Å². The smallest absolute Gasteiger partial charge is 0.234 e. The molecule has 0 bridgehead atoms. The SMILES string of the molecule is CC1(C)c2ccccc2-c2cc3c(-c4ccccc4)c4ccc(-c5ccc(-c6nc7ncccn7c6-c6ccccc6)cc5)cc4c(-c4ccccc4)c3cc21. The normalized spacial score (nSPS) is 13.0. The molecule has 0 radical (unpaired) electrons. The summed E-state index contributed by atoms with van der Waals surface area (Å²) >= 11 is 0. The highest BCUT2D eigenvalue weighted by molar-refractivity contribution is 6.23. The molecule has 0 N–H and O–H groups in total. The molecule has 3 heteroatoms. The van der Waals surface area contributed by atoms with E-state index >= 15 is 0 Å². The molecule has 8 aromatic carbocycles. The van der Waals surface area contributed by atoms with Gasteiger partial charge in [-0.25, -0.2) is 9.97 Å². The first-order valence-electron chi connectivity index (χ1n) is 19.3. The fourth-order valence-electron chi connectivity index (χ4n) is 9.21. The van der Waals surface area contributed by atoms with Gasteiger partial charge in [-0.05, 0) is 101 Å². The molecule has 0 amide bonds. The lowest BCUT2D eigenvalue weighted by Gasteiger charge is -2.24. The van der Waals surface area contributed by atoms with Crippen molar-refractivity contribution in [3.05, 3.63) is 199 Å². The highest BCUT2D eigenvalue weighted by Gasteiger charge is 2.36. The molecule has 56 heavy (non-hydrogen) atoms. The van der Waals surface area contributed by atoms with Crippen LogP contribution in [0.3, 0.4) is 0 Å². The zero-order valence-corrected chi connectivity index (χ0v) is 31.2. The van der Waals surface area contributed by atoms with Crippen LogP contribution in [0.15, 0.2) is 188 Å². The van der Waals surface area contributed by atoms with Gasteiger partial charge >= 0.3 is 0 Å². The van der Waals surface area contributed by atoms with Gasteiger partial charge in [-0.3, -0.25) is 4.40 Å². The summed E-state index contributed by atoms with van der Waals surface area (Å²) in [5.74, 6) is 0.688. The second kappa shape index (κ2) is 12.5. The van der Waals surface area contributed by atoms with Crippen molar-refractivity contribution in [3.8, 4) is 67.0 Å². The van der Waals surface area contributed by atoms with Crippen molar-refractivity contribution in [1.82, 2.24) is 14.4 Å². The summed E-state index contributed by atoms with van der Waals surface area (Å²) in [5, 5.41) is 5.05. The van der Waals surface area contributed by atoms with Crippen LogP contribution in [0.1, 0.15) is 25.0 Å². The predicted molar refractivity (Wildman–Crippen MR) is 233 cm³/mol. The van der Waals surface area contributed by atoms with Gasteiger partial charge in [-0.2, -0.15) is 0 Å². The molecule has 0 saturated carbocycles. The van der Waals surface area contributed by atoms with E-state index < -0.39 is 0 Å². The quantitative estimate of drug-likeness (QED) is 0.166. The van der Waals surface area contributed by atoms with E-state index in [0.29, 0.717) is 5.78 Å². The van der Waals surface area contributed by atoms with Crippen LogP contribution in [-0.4, -0.2) is 14.4 Å². The van der Waals surface area contributed by atoms with Crippen LogP contribution in [0.2, 0.25) is 0 Å². The van der Waals surface area contributed by atoms with Gasteiger partial charge in [0.05, 0.1) is 11.4 Å². The standard InChI is InChI=1S/C53H37N3/c1-53(2)46-22-13-12-21-40(46)42-32-44-45(33-47(42)53)49(36-17-8-4-9-18-36)43-31-39(27-28-41(43)48(44)35-15-6-3-7-16-35)34-23-25-37(26-24-34)50-51(38-19-10-5-11-20-38)56-30-14-29-54-52(56)55-50/h3-33H,1-2H3. The number of nitrogens with zero attached hydrogens (tertiary/aromatic N) is 3. The summed E-state index contributed by atoms with van der Waals surface area (Å²) in [4.78, 5) is 9.60. The Labute approximate surface area is 326 Å². The molecular formula is C53H37N3. The third-order valence-corrected chi connectivity index (χ3v) is 11.9.